The lowest BCUT2D eigenvalue weighted by atomic mass is 10.3. The number of halogens is 3. The Morgan fingerprint density at radius 2 is 1.93 bits per heavy atom. The maximum absolute atomic E-state index is 12.5. The Morgan fingerprint density at radius 3 is 2.55 bits per heavy atom. The van der Waals surface area contributed by atoms with E-state index in [2.05, 4.69) is 10.1 Å². The molecule has 0 N–H and O–H groups in total. The van der Waals surface area contributed by atoms with Gasteiger partial charge in [-0.25, -0.2) is 4.98 Å². The number of amides is 1. The minimum Gasteiger partial charge on any atom is -0.458 e. The third-order valence-corrected chi connectivity index (χ3v) is 4.54. The Morgan fingerprint density at radius 1 is 1.21 bits per heavy atom. The van der Waals surface area contributed by atoms with E-state index in [0.717, 1.165) is 16.9 Å². The maximum Gasteiger partial charge on any atom is 0.435 e. The fourth-order valence-electron chi connectivity index (χ4n) is 2.40. The SMILES string of the molecule is CC(=O)N(c1ccccc1)c1nc(COC(=O)Cn2ccc(C(F)(F)F)n2)cs1. The second-order valence-corrected chi connectivity index (χ2v) is 6.70. The summed E-state index contributed by atoms with van der Waals surface area (Å²) < 4.78 is 43.5. The Labute approximate surface area is 167 Å². The van der Waals surface area contributed by atoms with Gasteiger partial charge in [-0.05, 0) is 18.2 Å². The topological polar surface area (TPSA) is 77.3 Å². The number of para-hydroxylation sites is 1. The lowest BCUT2D eigenvalue weighted by Gasteiger charge is -2.17. The van der Waals surface area contributed by atoms with Crippen LogP contribution in [0.3, 0.4) is 0 Å². The molecule has 0 aliphatic rings. The van der Waals surface area contributed by atoms with Crippen LogP contribution in [-0.4, -0.2) is 26.6 Å². The molecule has 152 valence electrons. The normalized spacial score (nSPS) is 11.3. The number of nitrogens with zero attached hydrogens (tertiary/aromatic N) is 4. The van der Waals surface area contributed by atoms with Crippen LogP contribution in [0.4, 0.5) is 24.0 Å². The Balaban J connectivity index is 1.60. The summed E-state index contributed by atoms with van der Waals surface area (Å²) in [7, 11) is 0. The summed E-state index contributed by atoms with van der Waals surface area (Å²) in [5.74, 6) is -0.990. The summed E-state index contributed by atoms with van der Waals surface area (Å²) in [5.41, 5.74) is -0.0197. The second-order valence-electron chi connectivity index (χ2n) is 5.87. The number of hydrogen-bond acceptors (Lipinski definition) is 6. The van der Waals surface area contributed by atoms with Crippen molar-refractivity contribution < 1.29 is 27.5 Å². The highest BCUT2D eigenvalue weighted by atomic mass is 32.1. The van der Waals surface area contributed by atoms with Crippen molar-refractivity contribution in [2.45, 2.75) is 26.3 Å². The average Bonchev–Trinajstić information content (AvgIpc) is 3.30. The predicted octanol–water partition coefficient (Wildman–Crippen LogP) is 3.79. The van der Waals surface area contributed by atoms with Gasteiger partial charge in [0.1, 0.15) is 13.2 Å². The zero-order chi connectivity index (χ0) is 21.0. The standard InChI is InChI=1S/C18H15F3N4O3S/c1-12(26)25(14-5-3-2-4-6-14)17-22-13(11-29-17)10-28-16(27)9-24-8-7-15(23-24)18(19,20)21/h2-8,11H,9-10H2,1H3. The molecule has 3 aromatic rings. The minimum atomic E-state index is -4.58. The molecule has 0 bridgehead atoms. The van der Waals surface area contributed by atoms with Crippen LogP contribution in [0.1, 0.15) is 18.3 Å². The van der Waals surface area contributed by atoms with Gasteiger partial charge < -0.3 is 4.74 Å². The first-order chi connectivity index (χ1) is 13.7. The fraction of sp³-hybridized carbons (Fsp3) is 0.222. The highest BCUT2D eigenvalue weighted by Crippen LogP contribution is 2.29. The average molecular weight is 424 g/mol. The van der Waals surface area contributed by atoms with Crippen molar-refractivity contribution in [3.63, 3.8) is 0 Å². The summed E-state index contributed by atoms with van der Waals surface area (Å²) in [6, 6.07) is 9.72. The molecule has 7 nitrogen and oxygen atoms in total. The number of rotatable bonds is 6. The lowest BCUT2D eigenvalue weighted by Crippen LogP contribution is -2.22. The van der Waals surface area contributed by atoms with Crippen molar-refractivity contribution in [2.24, 2.45) is 0 Å². The first kappa shape index (κ1) is 20.5. The minimum absolute atomic E-state index is 0.177. The highest BCUT2D eigenvalue weighted by molar-refractivity contribution is 7.14. The number of thiazole rings is 1. The fourth-order valence-corrected chi connectivity index (χ4v) is 3.27. The highest BCUT2D eigenvalue weighted by Gasteiger charge is 2.33. The van der Waals surface area contributed by atoms with Gasteiger partial charge in [0, 0.05) is 18.5 Å². The molecular weight excluding hydrogens is 409 g/mol. The van der Waals surface area contributed by atoms with Gasteiger partial charge in [0.15, 0.2) is 10.8 Å². The quantitative estimate of drug-likeness (QED) is 0.563. The number of carbonyl (C=O) groups excluding carboxylic acids is 2. The number of anilines is 2. The number of aromatic nitrogens is 3. The number of alkyl halides is 3. The second kappa shape index (κ2) is 8.43. The predicted molar refractivity (Wildman–Crippen MR) is 98.4 cm³/mol. The van der Waals surface area contributed by atoms with Gasteiger partial charge in [-0.2, -0.15) is 18.3 Å². The van der Waals surface area contributed by atoms with Crippen LogP contribution in [0.15, 0.2) is 48.0 Å². The molecule has 0 aliphatic heterocycles. The molecule has 0 saturated heterocycles. The number of esters is 1. The van der Waals surface area contributed by atoms with Gasteiger partial charge >= 0.3 is 12.1 Å². The molecule has 1 amide bonds. The lowest BCUT2D eigenvalue weighted by molar-refractivity contribution is -0.147. The molecule has 1 aromatic carbocycles. The third-order valence-electron chi connectivity index (χ3n) is 3.66. The Kier molecular flexibility index (Phi) is 5.97. The van der Waals surface area contributed by atoms with E-state index in [1.54, 1.807) is 29.6 Å². The van der Waals surface area contributed by atoms with Crippen molar-refractivity contribution >= 4 is 34.0 Å². The first-order valence-corrected chi connectivity index (χ1v) is 9.18. The van der Waals surface area contributed by atoms with Crippen LogP contribution in [-0.2, 0) is 33.7 Å². The van der Waals surface area contributed by atoms with E-state index in [1.807, 2.05) is 6.07 Å². The molecule has 0 unspecified atom stereocenters. The van der Waals surface area contributed by atoms with E-state index in [-0.39, 0.29) is 12.5 Å². The summed E-state index contributed by atoms with van der Waals surface area (Å²) in [5, 5.41) is 5.34. The third kappa shape index (κ3) is 5.19. The van der Waals surface area contributed by atoms with Crippen LogP contribution >= 0.6 is 11.3 Å². The van der Waals surface area contributed by atoms with E-state index in [0.29, 0.717) is 16.5 Å². The molecule has 11 heteroatoms. The molecule has 29 heavy (non-hydrogen) atoms. The monoisotopic (exact) mass is 424 g/mol. The van der Waals surface area contributed by atoms with Crippen molar-refractivity contribution in [1.29, 1.82) is 0 Å². The number of hydrogen-bond donors (Lipinski definition) is 0. The zero-order valence-corrected chi connectivity index (χ0v) is 15.9. The molecule has 0 atom stereocenters. The van der Waals surface area contributed by atoms with Gasteiger partial charge in [-0.15, -0.1) is 11.3 Å². The summed E-state index contributed by atoms with van der Waals surface area (Å²) in [6.07, 6.45) is -3.52. The molecular formula is C18H15F3N4O3S. The first-order valence-electron chi connectivity index (χ1n) is 8.30. The molecule has 0 saturated carbocycles. The van der Waals surface area contributed by atoms with Crippen molar-refractivity contribution in [2.75, 3.05) is 4.90 Å². The van der Waals surface area contributed by atoms with E-state index < -0.39 is 24.4 Å². The van der Waals surface area contributed by atoms with Crippen LogP contribution in [0.25, 0.3) is 0 Å². The number of ether oxygens (including phenoxy) is 1. The summed E-state index contributed by atoms with van der Waals surface area (Å²) in [4.78, 5) is 29.6. The van der Waals surface area contributed by atoms with Gasteiger partial charge in [0.2, 0.25) is 5.91 Å². The Hall–Kier alpha value is -3.21. The smallest absolute Gasteiger partial charge is 0.435 e. The molecule has 3 rings (SSSR count). The zero-order valence-electron chi connectivity index (χ0n) is 15.1. The van der Waals surface area contributed by atoms with E-state index >= 15 is 0 Å². The van der Waals surface area contributed by atoms with Gasteiger partial charge in [0.25, 0.3) is 0 Å². The van der Waals surface area contributed by atoms with Crippen LogP contribution in [0, 0.1) is 0 Å². The van der Waals surface area contributed by atoms with Crippen molar-refractivity contribution in [3.8, 4) is 0 Å². The molecule has 0 fully saturated rings. The van der Waals surface area contributed by atoms with Gasteiger partial charge in [-0.3, -0.25) is 19.2 Å². The van der Waals surface area contributed by atoms with Crippen LogP contribution < -0.4 is 4.90 Å². The van der Waals surface area contributed by atoms with Crippen molar-refractivity contribution in [1.82, 2.24) is 14.8 Å². The van der Waals surface area contributed by atoms with E-state index in [9.17, 15) is 22.8 Å². The molecule has 0 spiro atoms. The van der Waals surface area contributed by atoms with Crippen molar-refractivity contribution in [3.05, 3.63) is 59.4 Å². The summed E-state index contributed by atoms with van der Waals surface area (Å²) in [6.45, 7) is 0.771. The van der Waals surface area contributed by atoms with E-state index in [1.165, 1.54) is 23.2 Å². The molecule has 2 aromatic heterocycles. The summed E-state index contributed by atoms with van der Waals surface area (Å²) >= 11 is 1.20. The molecule has 0 aliphatic carbocycles. The largest absolute Gasteiger partial charge is 0.458 e. The maximum atomic E-state index is 12.5. The molecule has 2 heterocycles. The number of carbonyl (C=O) groups is 2. The van der Waals surface area contributed by atoms with Crippen LogP contribution in [0.5, 0.6) is 0 Å². The Bertz CT molecular complexity index is 1000. The van der Waals surface area contributed by atoms with Gasteiger partial charge in [-0.1, -0.05) is 18.2 Å². The molecule has 0 radical (unpaired) electrons. The van der Waals surface area contributed by atoms with Gasteiger partial charge in [0.05, 0.1) is 11.4 Å². The number of benzene rings is 1. The van der Waals surface area contributed by atoms with E-state index in [4.69, 9.17) is 4.74 Å². The van der Waals surface area contributed by atoms with Crippen LogP contribution in [0.2, 0.25) is 0 Å².